The largest absolute Gasteiger partial charge is 0.382 e. The summed E-state index contributed by atoms with van der Waals surface area (Å²) in [5, 5.41) is 16.1. The molecule has 0 aliphatic heterocycles. The van der Waals surface area contributed by atoms with Crippen molar-refractivity contribution in [2.45, 2.75) is 105 Å². The number of hydrogen-bond donors (Lipinski definition) is 2. The molecule has 0 saturated heterocycles. The van der Waals surface area contributed by atoms with Crippen molar-refractivity contribution >= 4 is 23.2 Å². The fraction of sp³-hybridized carbons (Fsp3) is 0.439. The van der Waals surface area contributed by atoms with Gasteiger partial charge in [0, 0.05) is 61.3 Å². The monoisotopic (exact) mass is 762 g/mol. The molecule has 0 atom stereocenters. The van der Waals surface area contributed by atoms with Crippen LogP contribution in [0.25, 0.3) is 11.4 Å². The van der Waals surface area contributed by atoms with Gasteiger partial charge in [-0.05, 0) is 68.1 Å². The molecule has 7 rings (SSSR count). The molecule has 1 saturated carbocycles. The standard InChI is InChI=1S/C24H28F3N3O2.C17H15F2N3O/c1-13-12-30(18-10-23(2,3)11-19(31)20(13)18)15-8-16(25)21(22(28)32)17(9-15)29-14-4-6-24(26,27)7-5-14;1-9-16-14(6-17(2,3)7-15(16)23)22(21-9)10-4-12(18)11(8-20)13(19)5-10/h8-9,12,14,29H,4-7,10-11H2,1-3H3,(H2,28,32);4-5H,6-7H2,1-3H3. The van der Waals surface area contributed by atoms with E-state index >= 15 is 4.39 Å². The SMILES string of the molecule is Cc1cn(-c2cc(F)c(C(N)=O)c(NC3CCC(F)(F)CC3)c2)c2c1C(=O)CC(C)(C)C2.Cc1nn(-c2cc(F)c(C#N)c(F)c2)c2c1C(=O)CC(C)(C)C2. The van der Waals surface area contributed by atoms with Gasteiger partial charge in [-0.2, -0.15) is 10.4 Å². The molecule has 3 N–H and O–H groups in total. The molecule has 290 valence electrons. The predicted octanol–water partition coefficient (Wildman–Crippen LogP) is 8.65. The lowest BCUT2D eigenvalue weighted by molar-refractivity contribution is -0.0361. The van der Waals surface area contributed by atoms with Gasteiger partial charge in [0.1, 0.15) is 29.1 Å². The third-order valence-electron chi connectivity index (χ3n) is 10.6. The number of fused-ring (bicyclic) bond motifs is 2. The van der Waals surface area contributed by atoms with E-state index in [4.69, 9.17) is 11.0 Å². The fourth-order valence-electron chi connectivity index (χ4n) is 8.15. The number of aromatic nitrogens is 3. The van der Waals surface area contributed by atoms with E-state index in [1.807, 2.05) is 34.6 Å². The highest BCUT2D eigenvalue weighted by Crippen LogP contribution is 2.40. The number of amides is 1. The number of primary amides is 1. The van der Waals surface area contributed by atoms with Gasteiger partial charge in [-0.25, -0.2) is 26.6 Å². The summed E-state index contributed by atoms with van der Waals surface area (Å²) in [6.45, 7) is 11.5. The van der Waals surface area contributed by atoms with E-state index in [0.717, 1.165) is 23.4 Å². The number of rotatable bonds is 5. The van der Waals surface area contributed by atoms with Gasteiger partial charge in [0.2, 0.25) is 5.92 Å². The number of benzene rings is 2. The number of ketones is 2. The Balaban J connectivity index is 0.000000197. The molecule has 2 aromatic carbocycles. The first-order valence-electron chi connectivity index (χ1n) is 18.1. The average Bonchev–Trinajstić information content (AvgIpc) is 3.56. The number of anilines is 1. The first-order chi connectivity index (χ1) is 25.6. The van der Waals surface area contributed by atoms with Crippen molar-refractivity contribution in [1.82, 2.24) is 14.3 Å². The summed E-state index contributed by atoms with van der Waals surface area (Å²) >= 11 is 0. The fourth-order valence-corrected chi connectivity index (χ4v) is 8.15. The van der Waals surface area contributed by atoms with Crippen molar-refractivity contribution in [2.24, 2.45) is 16.6 Å². The first-order valence-corrected chi connectivity index (χ1v) is 18.1. The van der Waals surface area contributed by atoms with Crippen LogP contribution in [0.5, 0.6) is 0 Å². The minimum absolute atomic E-state index is 0.00501. The zero-order valence-electron chi connectivity index (χ0n) is 31.6. The van der Waals surface area contributed by atoms with Gasteiger partial charge in [-0.1, -0.05) is 27.7 Å². The van der Waals surface area contributed by atoms with Crippen LogP contribution in [0.15, 0.2) is 30.5 Å². The lowest BCUT2D eigenvalue weighted by atomic mass is 9.75. The van der Waals surface area contributed by atoms with Crippen LogP contribution in [0.3, 0.4) is 0 Å². The minimum atomic E-state index is -2.70. The molecule has 9 nitrogen and oxygen atoms in total. The molecule has 3 aliphatic carbocycles. The number of nitrogens with zero attached hydrogens (tertiary/aromatic N) is 4. The predicted molar refractivity (Wildman–Crippen MR) is 196 cm³/mol. The molecule has 3 aliphatic rings. The van der Waals surface area contributed by atoms with Gasteiger partial charge in [-0.3, -0.25) is 14.4 Å². The number of aryl methyl sites for hydroxylation is 2. The van der Waals surface area contributed by atoms with E-state index in [2.05, 4.69) is 10.4 Å². The Morgan fingerprint density at radius 2 is 1.40 bits per heavy atom. The molecule has 55 heavy (non-hydrogen) atoms. The summed E-state index contributed by atoms with van der Waals surface area (Å²) in [5.41, 5.74) is 8.87. The Kier molecular flexibility index (Phi) is 10.1. The number of hydrogen-bond acceptors (Lipinski definition) is 6. The molecule has 0 bridgehead atoms. The summed E-state index contributed by atoms with van der Waals surface area (Å²) in [6, 6.07) is 6.16. The molecule has 0 spiro atoms. The summed E-state index contributed by atoms with van der Waals surface area (Å²) < 4.78 is 73.1. The molecule has 1 fully saturated rings. The van der Waals surface area contributed by atoms with Crippen molar-refractivity contribution in [3.63, 3.8) is 0 Å². The van der Waals surface area contributed by atoms with Crippen molar-refractivity contribution in [3.8, 4) is 17.4 Å². The van der Waals surface area contributed by atoms with Gasteiger partial charge in [0.25, 0.3) is 5.91 Å². The minimum Gasteiger partial charge on any atom is -0.382 e. The first kappa shape index (κ1) is 39.4. The molecule has 1 amide bonds. The number of nitrogens with two attached hydrogens (primary N) is 1. The van der Waals surface area contributed by atoms with Crippen LogP contribution < -0.4 is 11.1 Å². The van der Waals surface area contributed by atoms with Crippen LogP contribution in [-0.2, 0) is 12.8 Å². The quantitative estimate of drug-likeness (QED) is 0.196. The Morgan fingerprint density at radius 3 is 1.96 bits per heavy atom. The molecule has 2 heterocycles. The summed E-state index contributed by atoms with van der Waals surface area (Å²) in [6.07, 6.45) is 3.77. The van der Waals surface area contributed by atoms with E-state index < -0.39 is 34.8 Å². The molecular formula is C41H43F5N6O3. The second-order valence-corrected chi connectivity index (χ2v) is 16.6. The van der Waals surface area contributed by atoms with Crippen LogP contribution in [0.2, 0.25) is 0 Å². The van der Waals surface area contributed by atoms with Crippen LogP contribution in [0, 0.1) is 53.5 Å². The molecule has 4 aromatic rings. The number of carbonyl (C=O) groups is 3. The van der Waals surface area contributed by atoms with E-state index in [9.17, 15) is 31.9 Å². The molecule has 2 aromatic heterocycles. The van der Waals surface area contributed by atoms with Crippen LogP contribution in [0.4, 0.5) is 27.6 Å². The third-order valence-corrected chi connectivity index (χ3v) is 10.6. The van der Waals surface area contributed by atoms with E-state index in [1.54, 1.807) is 23.8 Å². The van der Waals surface area contributed by atoms with Gasteiger partial charge >= 0.3 is 0 Å². The Bertz CT molecular complexity index is 2260. The topological polar surface area (TPSA) is 136 Å². The van der Waals surface area contributed by atoms with Crippen LogP contribution in [-0.4, -0.2) is 43.8 Å². The van der Waals surface area contributed by atoms with Crippen molar-refractivity contribution in [1.29, 1.82) is 5.26 Å². The lowest BCUT2D eigenvalue weighted by Gasteiger charge is -2.31. The second kappa shape index (κ2) is 14.1. The maximum Gasteiger partial charge on any atom is 0.253 e. The van der Waals surface area contributed by atoms with Gasteiger partial charge < -0.3 is 15.6 Å². The van der Waals surface area contributed by atoms with Gasteiger partial charge in [0.15, 0.2) is 11.6 Å². The van der Waals surface area contributed by atoms with E-state index in [0.29, 0.717) is 53.9 Å². The zero-order chi connectivity index (χ0) is 40.4. The van der Waals surface area contributed by atoms with Crippen molar-refractivity contribution in [3.05, 3.63) is 92.8 Å². The highest BCUT2D eigenvalue weighted by molar-refractivity contribution is 6.01. The lowest BCUT2D eigenvalue weighted by Crippen LogP contribution is -2.33. The summed E-state index contributed by atoms with van der Waals surface area (Å²) in [5.74, 6) is -6.24. The molecule has 0 unspecified atom stereocenters. The average molecular weight is 763 g/mol. The summed E-state index contributed by atoms with van der Waals surface area (Å²) in [7, 11) is 0. The maximum atomic E-state index is 15.1. The van der Waals surface area contributed by atoms with Crippen molar-refractivity contribution in [2.75, 3.05) is 5.32 Å². The smallest absolute Gasteiger partial charge is 0.253 e. The van der Waals surface area contributed by atoms with E-state index in [1.165, 1.54) is 16.8 Å². The highest BCUT2D eigenvalue weighted by Gasteiger charge is 2.38. The Morgan fingerprint density at radius 1 is 0.855 bits per heavy atom. The van der Waals surface area contributed by atoms with Crippen LogP contribution >= 0.6 is 0 Å². The van der Waals surface area contributed by atoms with Crippen molar-refractivity contribution < 1.29 is 36.3 Å². The number of halogens is 5. The number of carbonyl (C=O) groups excluding carboxylic acids is 3. The number of Topliss-reactive ketones (excluding diaryl/α,β-unsaturated/α-hetero) is 2. The highest BCUT2D eigenvalue weighted by atomic mass is 19.3. The molecule has 0 radical (unpaired) electrons. The Labute approximate surface area is 315 Å². The maximum absolute atomic E-state index is 15.1. The van der Waals surface area contributed by atoms with Gasteiger partial charge in [0.05, 0.1) is 39.6 Å². The van der Waals surface area contributed by atoms with Crippen LogP contribution in [0.1, 0.15) is 126 Å². The normalized spacial score (nSPS) is 18.4. The molecular weight excluding hydrogens is 719 g/mol. The third kappa shape index (κ3) is 7.79. The number of alkyl halides is 2. The second-order valence-electron chi connectivity index (χ2n) is 16.6. The van der Waals surface area contributed by atoms with E-state index in [-0.39, 0.29) is 71.1 Å². The Hall–Kier alpha value is -5.32. The number of nitrogens with one attached hydrogen (secondary N) is 1. The molecule has 14 heteroatoms. The zero-order valence-corrected chi connectivity index (χ0v) is 31.6. The van der Waals surface area contributed by atoms with Gasteiger partial charge in [-0.15, -0.1) is 0 Å². The number of nitriles is 1. The summed E-state index contributed by atoms with van der Waals surface area (Å²) in [4.78, 5) is 37.1.